The summed E-state index contributed by atoms with van der Waals surface area (Å²) >= 11 is 2.54. The molecule has 1 aliphatic heterocycles. The highest BCUT2D eigenvalue weighted by Crippen LogP contribution is 2.27. The lowest BCUT2D eigenvalue weighted by Crippen LogP contribution is -2.36. The third-order valence-corrected chi connectivity index (χ3v) is 7.33. The SMILES string of the molecule is CCOCCn1c(=NC(=O)CSCC(=O)N2CCCc3ccccc32)sc2cc(F)ccc21. The minimum absolute atomic E-state index is 0.00376. The van der Waals surface area contributed by atoms with Crippen LogP contribution in [-0.4, -0.2) is 47.6 Å². The fraction of sp³-hybridized carbons (Fsp3) is 0.375. The number of thiazole rings is 1. The molecular weight excluding hydrogens is 461 g/mol. The van der Waals surface area contributed by atoms with Gasteiger partial charge in [-0.1, -0.05) is 29.5 Å². The first-order valence-electron chi connectivity index (χ1n) is 11.0. The van der Waals surface area contributed by atoms with Crippen molar-refractivity contribution in [1.29, 1.82) is 0 Å². The van der Waals surface area contributed by atoms with Crippen LogP contribution in [0.1, 0.15) is 18.9 Å². The van der Waals surface area contributed by atoms with Crippen LogP contribution in [0.3, 0.4) is 0 Å². The molecule has 0 fully saturated rings. The van der Waals surface area contributed by atoms with Crippen LogP contribution in [0, 0.1) is 5.82 Å². The molecule has 9 heteroatoms. The monoisotopic (exact) mass is 487 g/mol. The van der Waals surface area contributed by atoms with Gasteiger partial charge in [0.2, 0.25) is 5.91 Å². The fourth-order valence-electron chi connectivity index (χ4n) is 3.88. The largest absolute Gasteiger partial charge is 0.380 e. The Hall–Kier alpha value is -2.49. The molecule has 0 N–H and O–H groups in total. The summed E-state index contributed by atoms with van der Waals surface area (Å²) in [5.74, 6) is -0.313. The number of anilines is 1. The number of thioether (sulfide) groups is 1. The van der Waals surface area contributed by atoms with Gasteiger partial charge in [-0.15, -0.1) is 11.8 Å². The predicted molar refractivity (Wildman–Crippen MR) is 131 cm³/mol. The molecule has 0 aliphatic carbocycles. The molecule has 1 aliphatic rings. The van der Waals surface area contributed by atoms with E-state index in [1.807, 2.05) is 34.6 Å². The molecule has 2 amide bonds. The van der Waals surface area contributed by atoms with E-state index in [9.17, 15) is 14.0 Å². The van der Waals surface area contributed by atoms with E-state index in [4.69, 9.17) is 4.74 Å². The molecule has 1 aromatic heterocycles. The van der Waals surface area contributed by atoms with Crippen molar-refractivity contribution in [1.82, 2.24) is 4.57 Å². The van der Waals surface area contributed by atoms with Crippen molar-refractivity contribution in [2.45, 2.75) is 26.3 Å². The van der Waals surface area contributed by atoms with Crippen molar-refractivity contribution >= 4 is 50.8 Å². The van der Waals surface area contributed by atoms with Crippen LogP contribution in [0.25, 0.3) is 10.2 Å². The summed E-state index contributed by atoms with van der Waals surface area (Å²) in [5, 5.41) is 0. The van der Waals surface area contributed by atoms with Crippen molar-refractivity contribution in [2.24, 2.45) is 4.99 Å². The minimum atomic E-state index is -0.327. The van der Waals surface area contributed by atoms with Gasteiger partial charge in [-0.05, 0) is 49.6 Å². The molecule has 174 valence electrons. The average Bonchev–Trinajstić information content (AvgIpc) is 3.14. The standard InChI is InChI=1S/C24H26FN3O3S2/c1-2-31-13-12-28-20-10-9-18(25)14-21(20)33-24(28)26-22(29)15-32-16-23(30)27-11-5-7-17-6-3-4-8-19(17)27/h3-4,6,8-10,14H,2,5,7,11-13,15-16H2,1H3. The van der Waals surface area contributed by atoms with Crippen molar-refractivity contribution in [3.05, 3.63) is 58.6 Å². The highest BCUT2D eigenvalue weighted by atomic mass is 32.2. The number of nitrogens with zero attached hydrogens (tertiary/aromatic N) is 3. The summed E-state index contributed by atoms with van der Waals surface area (Å²) in [5.41, 5.74) is 2.98. The van der Waals surface area contributed by atoms with Gasteiger partial charge in [0.1, 0.15) is 5.82 Å². The van der Waals surface area contributed by atoms with Crippen LogP contribution >= 0.6 is 23.1 Å². The van der Waals surface area contributed by atoms with Crippen LogP contribution in [0.4, 0.5) is 10.1 Å². The zero-order valence-corrected chi connectivity index (χ0v) is 20.1. The van der Waals surface area contributed by atoms with Crippen LogP contribution in [0.5, 0.6) is 0 Å². The van der Waals surface area contributed by atoms with Crippen molar-refractivity contribution in [3.8, 4) is 0 Å². The first kappa shape index (κ1) is 23.7. The number of hydrogen-bond donors (Lipinski definition) is 0. The summed E-state index contributed by atoms with van der Waals surface area (Å²) < 4.78 is 21.7. The molecule has 33 heavy (non-hydrogen) atoms. The Morgan fingerprint density at radius 2 is 2.06 bits per heavy atom. The summed E-state index contributed by atoms with van der Waals surface area (Å²) in [4.78, 5) is 31.9. The molecule has 4 rings (SSSR count). The molecule has 0 spiro atoms. The summed E-state index contributed by atoms with van der Waals surface area (Å²) in [6.45, 7) is 4.20. The number of rotatable bonds is 8. The molecule has 3 aromatic rings. The Balaban J connectivity index is 1.42. The maximum Gasteiger partial charge on any atom is 0.258 e. The third-order valence-electron chi connectivity index (χ3n) is 5.39. The summed E-state index contributed by atoms with van der Waals surface area (Å²) in [6.07, 6.45) is 1.92. The number of amides is 2. The van der Waals surface area contributed by atoms with Gasteiger partial charge in [-0.2, -0.15) is 4.99 Å². The van der Waals surface area contributed by atoms with E-state index in [1.54, 1.807) is 6.07 Å². The van der Waals surface area contributed by atoms with Gasteiger partial charge in [-0.3, -0.25) is 9.59 Å². The summed E-state index contributed by atoms with van der Waals surface area (Å²) in [6, 6.07) is 12.5. The second kappa shape index (κ2) is 11.1. The lowest BCUT2D eigenvalue weighted by Gasteiger charge is -2.29. The Kier molecular flexibility index (Phi) is 7.95. The van der Waals surface area contributed by atoms with Crippen molar-refractivity contribution < 1.29 is 18.7 Å². The number of benzene rings is 2. The first-order valence-corrected chi connectivity index (χ1v) is 12.9. The van der Waals surface area contributed by atoms with Gasteiger partial charge in [0, 0.05) is 25.4 Å². The van der Waals surface area contributed by atoms with Gasteiger partial charge in [0.25, 0.3) is 5.91 Å². The van der Waals surface area contributed by atoms with Crippen LogP contribution < -0.4 is 9.70 Å². The van der Waals surface area contributed by atoms with E-state index in [0.29, 0.717) is 31.1 Å². The number of aryl methyl sites for hydroxylation is 1. The van der Waals surface area contributed by atoms with E-state index < -0.39 is 0 Å². The van der Waals surface area contributed by atoms with Crippen LogP contribution in [0.2, 0.25) is 0 Å². The molecule has 0 saturated heterocycles. The molecule has 0 radical (unpaired) electrons. The number of ether oxygens (including phenoxy) is 1. The fourth-order valence-corrected chi connectivity index (χ4v) is 5.65. The highest BCUT2D eigenvalue weighted by Gasteiger charge is 2.22. The average molecular weight is 488 g/mol. The maximum atomic E-state index is 13.7. The zero-order valence-electron chi connectivity index (χ0n) is 18.5. The molecule has 0 unspecified atom stereocenters. The molecule has 0 atom stereocenters. The molecule has 0 saturated carbocycles. The molecule has 2 aromatic carbocycles. The maximum absolute atomic E-state index is 13.7. The number of carbonyl (C=O) groups is 2. The Morgan fingerprint density at radius 3 is 2.91 bits per heavy atom. The van der Waals surface area contributed by atoms with Crippen molar-refractivity contribution in [2.75, 3.05) is 36.2 Å². The molecule has 0 bridgehead atoms. The lowest BCUT2D eigenvalue weighted by molar-refractivity contribution is -0.116. The van der Waals surface area contributed by atoms with Gasteiger partial charge in [0.15, 0.2) is 4.80 Å². The Bertz CT molecular complexity index is 1220. The third kappa shape index (κ3) is 5.72. The normalized spacial score (nSPS) is 14.0. The number of aromatic nitrogens is 1. The second-order valence-electron chi connectivity index (χ2n) is 7.62. The number of para-hydroxylation sites is 1. The van der Waals surface area contributed by atoms with Gasteiger partial charge < -0.3 is 14.2 Å². The second-order valence-corrected chi connectivity index (χ2v) is 9.62. The van der Waals surface area contributed by atoms with E-state index in [1.165, 1.54) is 40.8 Å². The number of carbonyl (C=O) groups excluding carboxylic acids is 2. The number of fused-ring (bicyclic) bond motifs is 2. The van der Waals surface area contributed by atoms with Crippen molar-refractivity contribution in [3.63, 3.8) is 0 Å². The first-order chi connectivity index (χ1) is 16.1. The van der Waals surface area contributed by atoms with E-state index in [2.05, 4.69) is 11.1 Å². The smallest absolute Gasteiger partial charge is 0.258 e. The van der Waals surface area contributed by atoms with E-state index >= 15 is 0 Å². The molecule has 6 nitrogen and oxygen atoms in total. The summed E-state index contributed by atoms with van der Waals surface area (Å²) in [7, 11) is 0. The highest BCUT2D eigenvalue weighted by molar-refractivity contribution is 8.00. The van der Waals surface area contributed by atoms with E-state index in [-0.39, 0.29) is 29.1 Å². The van der Waals surface area contributed by atoms with Gasteiger partial charge >= 0.3 is 0 Å². The Labute approximate surface area is 200 Å². The molecular formula is C24H26FN3O3S2. The number of hydrogen-bond acceptors (Lipinski definition) is 5. The minimum Gasteiger partial charge on any atom is -0.380 e. The quantitative estimate of drug-likeness (QED) is 0.450. The Morgan fingerprint density at radius 1 is 1.21 bits per heavy atom. The number of halogens is 1. The zero-order chi connectivity index (χ0) is 23.2. The van der Waals surface area contributed by atoms with Gasteiger partial charge in [-0.25, -0.2) is 4.39 Å². The topological polar surface area (TPSA) is 63.9 Å². The molecule has 2 heterocycles. The van der Waals surface area contributed by atoms with Crippen LogP contribution in [-0.2, 0) is 27.3 Å². The van der Waals surface area contributed by atoms with Gasteiger partial charge in [0.05, 0.1) is 28.3 Å². The predicted octanol–water partition coefficient (Wildman–Crippen LogP) is 4.02. The van der Waals surface area contributed by atoms with Crippen LogP contribution in [0.15, 0.2) is 47.5 Å². The lowest BCUT2D eigenvalue weighted by atomic mass is 10.0. The van der Waals surface area contributed by atoms with E-state index in [0.717, 1.165) is 28.7 Å².